The van der Waals surface area contributed by atoms with Gasteiger partial charge in [-0.25, -0.2) is 32.2 Å². The summed E-state index contributed by atoms with van der Waals surface area (Å²) >= 11 is 43.3. The van der Waals surface area contributed by atoms with Gasteiger partial charge in [-0.3, -0.25) is 19.8 Å². The van der Waals surface area contributed by atoms with Crippen LogP contribution in [0.15, 0.2) is 133 Å². The molecule has 2 saturated carbocycles. The topological polar surface area (TPSA) is 144 Å². The minimum absolute atomic E-state index is 0.0722. The van der Waals surface area contributed by atoms with Gasteiger partial charge >= 0.3 is 0 Å². The number of amides is 3. The molecular formula is C81H81Cl6F3N10O3S3. The van der Waals surface area contributed by atoms with Crippen molar-refractivity contribution in [3.8, 4) is 17.1 Å². The normalized spacial score (nSPS) is 19.4. The Labute approximate surface area is 659 Å². The number of carbonyl (C=O) groups is 3. The molecule has 13 nitrogen and oxygen atoms in total. The van der Waals surface area contributed by atoms with Crippen molar-refractivity contribution in [3.05, 3.63) is 237 Å². The number of allylic oxidation sites excluding steroid dienone is 5. The lowest BCUT2D eigenvalue weighted by Gasteiger charge is -2.28. The van der Waals surface area contributed by atoms with Crippen molar-refractivity contribution in [1.29, 1.82) is 0 Å². The van der Waals surface area contributed by atoms with Gasteiger partial charge in [0.1, 0.15) is 34.9 Å². The molecule has 554 valence electrons. The van der Waals surface area contributed by atoms with Gasteiger partial charge in [-0.2, -0.15) is 50.6 Å². The van der Waals surface area contributed by atoms with E-state index in [0.29, 0.717) is 99.8 Å². The molecule has 3 N–H and O–H groups in total. The third-order valence-electron chi connectivity index (χ3n) is 20.3. The van der Waals surface area contributed by atoms with Crippen LogP contribution in [0.1, 0.15) is 180 Å². The van der Waals surface area contributed by atoms with Crippen LogP contribution in [-0.2, 0) is 17.3 Å². The predicted molar refractivity (Wildman–Crippen MR) is 432 cm³/mol. The van der Waals surface area contributed by atoms with Crippen LogP contribution in [0.25, 0.3) is 45.9 Å². The molecule has 0 spiro atoms. The van der Waals surface area contributed by atoms with E-state index in [2.05, 4.69) is 36.0 Å². The van der Waals surface area contributed by atoms with E-state index in [1.807, 2.05) is 29.3 Å². The van der Waals surface area contributed by atoms with Crippen molar-refractivity contribution in [2.75, 3.05) is 30.3 Å². The number of benzene rings is 5. The van der Waals surface area contributed by atoms with Gasteiger partial charge in [0.25, 0.3) is 17.7 Å². The molecule has 7 heterocycles. The van der Waals surface area contributed by atoms with E-state index < -0.39 is 6.17 Å². The van der Waals surface area contributed by atoms with Crippen molar-refractivity contribution in [2.45, 2.75) is 139 Å². The Hall–Kier alpha value is -6.62. The van der Waals surface area contributed by atoms with Crippen molar-refractivity contribution in [2.24, 2.45) is 11.8 Å². The first-order valence-electron chi connectivity index (χ1n) is 36.1. The molecule has 0 radical (unpaired) electrons. The summed E-state index contributed by atoms with van der Waals surface area (Å²) < 4.78 is 45.4. The number of halogens is 9. The molecule has 3 aliphatic carbocycles. The number of aromatic nitrogens is 6. The summed E-state index contributed by atoms with van der Waals surface area (Å²) in [5, 5.41) is 26.1. The summed E-state index contributed by atoms with van der Waals surface area (Å²) in [5.74, 6) is 4.20. The molecule has 106 heavy (non-hydrogen) atoms. The van der Waals surface area contributed by atoms with Gasteiger partial charge in [0.05, 0.1) is 49.2 Å². The number of thioether (sulfide) groups is 3. The summed E-state index contributed by atoms with van der Waals surface area (Å²) in [6.45, 7) is 5.86. The Morgan fingerprint density at radius 2 is 0.849 bits per heavy atom. The van der Waals surface area contributed by atoms with E-state index in [4.69, 9.17) is 84.9 Å². The van der Waals surface area contributed by atoms with Crippen LogP contribution in [0.2, 0.25) is 30.1 Å². The maximum absolute atomic E-state index is 13.8. The Kier molecular flexibility index (Phi) is 26.2. The third kappa shape index (κ3) is 18.6. The fourth-order valence-corrected chi connectivity index (χ4v) is 19.3. The van der Waals surface area contributed by atoms with Crippen LogP contribution < -0.4 is 16.1 Å². The molecule has 3 amide bonds. The van der Waals surface area contributed by atoms with Crippen LogP contribution in [0.5, 0.6) is 0 Å². The smallest absolute Gasteiger partial charge is 0.284 e. The summed E-state index contributed by atoms with van der Waals surface area (Å²) in [7, 11) is 0. The Bertz CT molecular complexity index is 4730. The molecule has 0 bridgehead atoms. The number of rotatable bonds is 14. The van der Waals surface area contributed by atoms with Crippen LogP contribution in [-0.4, -0.2) is 101 Å². The first-order chi connectivity index (χ1) is 51.3. The van der Waals surface area contributed by atoms with Crippen LogP contribution in [0, 0.1) is 23.5 Å². The lowest BCUT2D eigenvalue weighted by atomic mass is 9.84. The molecule has 1 saturated heterocycles. The molecule has 5 aromatic carbocycles. The predicted octanol–water partition coefficient (Wildman–Crippen LogP) is 21.8. The lowest BCUT2D eigenvalue weighted by molar-refractivity contribution is 0.0740. The molecule has 3 aromatic heterocycles. The minimum Gasteiger partial charge on any atom is -0.348 e. The minimum atomic E-state index is -0.934. The van der Waals surface area contributed by atoms with Crippen LogP contribution in [0.4, 0.5) is 13.2 Å². The number of hydrazine groups is 1. The van der Waals surface area contributed by atoms with Gasteiger partial charge in [0.15, 0.2) is 0 Å². The molecule has 25 heteroatoms. The quantitative estimate of drug-likeness (QED) is 0.0962. The highest BCUT2D eigenvalue weighted by Gasteiger charge is 2.36. The first kappa shape index (κ1) is 77.5. The zero-order chi connectivity index (χ0) is 74.1. The first-order valence-corrected chi connectivity index (χ1v) is 41.8. The van der Waals surface area contributed by atoms with E-state index in [-0.39, 0.29) is 41.4 Å². The summed E-state index contributed by atoms with van der Waals surface area (Å²) in [6.07, 6.45) is 26.1. The maximum atomic E-state index is 13.8. The average molecular weight is 1610 g/mol. The van der Waals surface area contributed by atoms with E-state index in [1.54, 1.807) is 134 Å². The molecule has 8 aromatic rings. The van der Waals surface area contributed by atoms with Crippen molar-refractivity contribution < 1.29 is 27.6 Å². The highest BCUT2D eigenvalue weighted by molar-refractivity contribution is 7.99. The van der Waals surface area contributed by atoms with Crippen LogP contribution in [0.3, 0.4) is 0 Å². The number of hydrogen-bond donors (Lipinski definition) is 3. The average Bonchev–Trinajstić information content (AvgIpc) is 1.62. The zero-order valence-corrected chi connectivity index (χ0v) is 65.7. The van der Waals surface area contributed by atoms with Gasteiger partial charge in [0, 0.05) is 97.9 Å². The van der Waals surface area contributed by atoms with E-state index in [0.717, 1.165) is 136 Å². The monoisotopic (exact) mass is 1600 g/mol. The number of nitrogens with one attached hydrogen (secondary N) is 3. The summed E-state index contributed by atoms with van der Waals surface area (Å²) in [5.41, 5.74) is 17.1. The second-order valence-corrected chi connectivity index (χ2v) is 33.3. The molecule has 3 atom stereocenters. The number of carbonyl (C=O) groups excluding carboxylic acids is 3. The second kappa shape index (κ2) is 35.8. The zero-order valence-electron chi connectivity index (χ0n) is 58.7. The standard InChI is InChI=1S/C28H30Cl2FN3OS.C28H28Cl2FN3OS.C25H23Cl2FN4OS/c2*1-17(19-5-3-2-4-6-19)32-28(35)27-23-16-36-15-20(13-18-7-10-22(31)11-8-18)26(23)33-34(27)25-12-9-21(29)14-24(25)30;26-18-6-9-22(21(27)13-18)32-24(25(33)30-31-10-2-1-3-11-31)20-15-34-14-17(23(20)29-32)12-16-4-7-19(28)8-5-16/h7-10,12-14,17,19,22H,2-6,11,15-16H2,1H3,(H,32,35);7-14,17,19H,2-6,15-16H2,1H3,(H,32,35);4-9,12-13H,1-3,10-11,14-15H2,(H,30,33)/b2*20-13+;17-12+/t17-,22?;17-;/m10./s1. The van der Waals surface area contributed by atoms with Gasteiger partial charge < -0.3 is 10.6 Å². The van der Waals surface area contributed by atoms with Crippen molar-refractivity contribution in [3.63, 3.8) is 0 Å². The Morgan fingerprint density at radius 1 is 0.481 bits per heavy atom. The van der Waals surface area contributed by atoms with Gasteiger partial charge in [-0.05, 0) is 201 Å². The third-order valence-corrected chi connectivity index (χ3v) is 25.0. The van der Waals surface area contributed by atoms with E-state index in [9.17, 15) is 27.6 Å². The summed E-state index contributed by atoms with van der Waals surface area (Å²) in [4.78, 5) is 41.2. The molecular weight excluding hydrogens is 1530 g/mol. The van der Waals surface area contributed by atoms with Gasteiger partial charge in [-0.1, -0.05) is 151 Å². The largest absolute Gasteiger partial charge is 0.348 e. The number of fused-ring (bicyclic) bond motifs is 3. The molecule has 3 fully saturated rings. The lowest BCUT2D eigenvalue weighted by Crippen LogP contribution is -2.45. The molecule has 1 unspecified atom stereocenters. The molecule has 15 rings (SSSR count). The van der Waals surface area contributed by atoms with Crippen LogP contribution >= 0.6 is 105 Å². The number of hydrogen-bond acceptors (Lipinski definition) is 10. The number of nitrogens with zero attached hydrogens (tertiary/aromatic N) is 7. The second-order valence-electron chi connectivity index (χ2n) is 27.8. The highest BCUT2D eigenvalue weighted by atomic mass is 35.5. The SMILES string of the molecule is C[C@@H](NC(=O)c1c2c(nn1-c1ccc(Cl)cc1Cl)/C(=C/C1=CCC(F)C=C1)CSC2)C1CCCCC1.C[C@H](NC(=O)c1c2c(nn1-c1ccc(Cl)cc1Cl)/C(=C/c1ccc(F)cc1)CSC2)C1CCCCC1.O=C(NN1CCCCC1)c1c2c(nn1-c1ccc(Cl)cc1Cl)/C(=C/c1ccc(F)cc1)CSC2. The maximum Gasteiger partial charge on any atom is 0.284 e. The van der Waals surface area contributed by atoms with E-state index >= 15 is 0 Å². The molecule has 7 aliphatic rings. The van der Waals surface area contributed by atoms with Crippen molar-refractivity contribution >= 4 is 151 Å². The van der Waals surface area contributed by atoms with E-state index in [1.165, 1.54) is 69.2 Å². The number of alkyl halides is 1. The fraction of sp³-hybridized carbons (Fsp3) is 0.358. The molecule has 4 aliphatic heterocycles. The van der Waals surface area contributed by atoms with Gasteiger partial charge in [0.2, 0.25) is 0 Å². The fourth-order valence-electron chi connectivity index (χ4n) is 14.7. The Morgan fingerprint density at radius 3 is 1.22 bits per heavy atom. The number of piperidine rings is 1. The van der Waals surface area contributed by atoms with Crippen molar-refractivity contribution in [1.82, 2.24) is 50.4 Å². The highest BCUT2D eigenvalue weighted by Crippen LogP contribution is 2.42. The summed E-state index contributed by atoms with van der Waals surface area (Å²) in [6, 6.07) is 28.5. The van der Waals surface area contributed by atoms with Gasteiger partial charge in [-0.15, -0.1) is 0 Å². The Balaban J connectivity index is 0.000000141.